The number of aromatic nitrogens is 3. The van der Waals surface area contributed by atoms with Crippen molar-refractivity contribution in [3.63, 3.8) is 0 Å². The molecule has 6 heteroatoms. The Morgan fingerprint density at radius 3 is 2.35 bits per heavy atom. The molecule has 1 atom stereocenters. The summed E-state index contributed by atoms with van der Waals surface area (Å²) < 4.78 is 1.66. The van der Waals surface area contributed by atoms with E-state index in [2.05, 4.69) is 10.3 Å². The molecule has 124 valence electrons. The highest BCUT2D eigenvalue weighted by atomic mass is 16.3. The van der Waals surface area contributed by atoms with Gasteiger partial charge in [-0.05, 0) is 46.8 Å². The first kappa shape index (κ1) is 17.1. The maximum atomic E-state index is 12.7. The van der Waals surface area contributed by atoms with Gasteiger partial charge in [-0.15, -0.1) is 5.10 Å². The molecule has 0 aliphatic rings. The molecule has 0 aliphatic carbocycles. The fourth-order valence-electron chi connectivity index (χ4n) is 2.41. The standard InChI is InChI=1S/C17H24N4O2/c1-11(2)20(10-13(4)22)17(23)16-14(5)21(19-18-16)15-8-6-12(3)7-9-15/h6-9,11,13,22H,10H2,1-5H3. The minimum absolute atomic E-state index is 0.0268. The van der Waals surface area contributed by atoms with E-state index in [1.807, 2.05) is 52.0 Å². The summed E-state index contributed by atoms with van der Waals surface area (Å²) in [6.45, 7) is 9.61. The second-order valence-corrected chi connectivity index (χ2v) is 6.17. The van der Waals surface area contributed by atoms with Crippen molar-refractivity contribution in [3.8, 4) is 5.69 Å². The fourth-order valence-corrected chi connectivity index (χ4v) is 2.41. The lowest BCUT2D eigenvalue weighted by Gasteiger charge is -2.27. The van der Waals surface area contributed by atoms with Crippen LogP contribution in [0.4, 0.5) is 0 Å². The molecule has 23 heavy (non-hydrogen) atoms. The van der Waals surface area contributed by atoms with Crippen LogP contribution in [-0.2, 0) is 0 Å². The van der Waals surface area contributed by atoms with Gasteiger partial charge in [0.25, 0.3) is 5.91 Å². The Bertz CT molecular complexity index is 674. The second kappa shape index (κ2) is 6.91. The molecule has 1 aromatic carbocycles. The first-order valence-electron chi connectivity index (χ1n) is 7.79. The molecule has 2 aromatic rings. The van der Waals surface area contributed by atoms with E-state index < -0.39 is 6.10 Å². The van der Waals surface area contributed by atoms with Gasteiger partial charge >= 0.3 is 0 Å². The van der Waals surface area contributed by atoms with Crippen molar-refractivity contribution in [3.05, 3.63) is 41.2 Å². The number of nitrogens with zero attached hydrogens (tertiary/aromatic N) is 4. The summed E-state index contributed by atoms with van der Waals surface area (Å²) in [4.78, 5) is 14.4. The van der Waals surface area contributed by atoms with Crippen molar-refractivity contribution in [2.75, 3.05) is 6.54 Å². The Morgan fingerprint density at radius 1 is 1.22 bits per heavy atom. The van der Waals surface area contributed by atoms with E-state index in [1.54, 1.807) is 16.5 Å². The quantitative estimate of drug-likeness (QED) is 0.917. The topological polar surface area (TPSA) is 71.2 Å². The van der Waals surface area contributed by atoms with Crippen molar-refractivity contribution in [1.29, 1.82) is 0 Å². The molecule has 0 radical (unpaired) electrons. The third kappa shape index (κ3) is 3.76. The molecule has 2 rings (SSSR count). The molecule has 0 bridgehead atoms. The molecule has 0 spiro atoms. The Hall–Kier alpha value is -2.21. The van der Waals surface area contributed by atoms with Gasteiger partial charge in [-0.25, -0.2) is 4.68 Å². The maximum Gasteiger partial charge on any atom is 0.276 e. The van der Waals surface area contributed by atoms with E-state index in [0.717, 1.165) is 11.3 Å². The molecule has 0 saturated heterocycles. The van der Waals surface area contributed by atoms with Crippen LogP contribution in [0.3, 0.4) is 0 Å². The molecule has 1 heterocycles. The smallest absolute Gasteiger partial charge is 0.276 e. The predicted octanol–water partition coefficient (Wildman–Crippen LogP) is 2.12. The van der Waals surface area contributed by atoms with Crippen LogP contribution in [0, 0.1) is 13.8 Å². The molecule has 0 fully saturated rings. The van der Waals surface area contributed by atoms with E-state index in [-0.39, 0.29) is 18.5 Å². The number of aryl methyl sites for hydroxylation is 1. The van der Waals surface area contributed by atoms with Gasteiger partial charge in [0.2, 0.25) is 0 Å². The fraction of sp³-hybridized carbons (Fsp3) is 0.471. The van der Waals surface area contributed by atoms with Crippen molar-refractivity contribution in [2.24, 2.45) is 0 Å². The van der Waals surface area contributed by atoms with Gasteiger partial charge in [0, 0.05) is 12.6 Å². The van der Waals surface area contributed by atoms with Crippen LogP contribution in [0.25, 0.3) is 5.69 Å². The van der Waals surface area contributed by atoms with Crippen LogP contribution in [0.1, 0.15) is 42.5 Å². The van der Waals surface area contributed by atoms with Gasteiger partial charge in [-0.1, -0.05) is 22.9 Å². The highest BCUT2D eigenvalue weighted by Gasteiger charge is 2.25. The number of hydrogen-bond acceptors (Lipinski definition) is 4. The lowest BCUT2D eigenvalue weighted by Crippen LogP contribution is -2.41. The van der Waals surface area contributed by atoms with Gasteiger partial charge in [0.15, 0.2) is 5.69 Å². The Balaban J connectivity index is 2.33. The Morgan fingerprint density at radius 2 is 1.83 bits per heavy atom. The average Bonchev–Trinajstić information content (AvgIpc) is 2.86. The summed E-state index contributed by atoms with van der Waals surface area (Å²) in [5.41, 5.74) is 3.03. The summed E-state index contributed by atoms with van der Waals surface area (Å²) in [6.07, 6.45) is -0.589. The number of carbonyl (C=O) groups is 1. The van der Waals surface area contributed by atoms with Gasteiger partial charge in [0.1, 0.15) is 0 Å². The summed E-state index contributed by atoms with van der Waals surface area (Å²) in [7, 11) is 0. The first-order valence-corrected chi connectivity index (χ1v) is 7.79. The van der Waals surface area contributed by atoms with E-state index in [9.17, 15) is 9.90 Å². The summed E-state index contributed by atoms with van der Waals surface area (Å²) in [6, 6.07) is 7.85. The molecule has 1 aromatic heterocycles. The van der Waals surface area contributed by atoms with Crippen LogP contribution in [0.5, 0.6) is 0 Å². The SMILES string of the molecule is Cc1ccc(-n2nnc(C(=O)N(CC(C)O)C(C)C)c2C)cc1. The number of aliphatic hydroxyl groups excluding tert-OH is 1. The van der Waals surface area contributed by atoms with Crippen molar-refractivity contribution < 1.29 is 9.90 Å². The molecule has 1 N–H and O–H groups in total. The normalized spacial score (nSPS) is 12.5. The van der Waals surface area contributed by atoms with Crippen LogP contribution in [0.15, 0.2) is 24.3 Å². The van der Waals surface area contributed by atoms with Crippen molar-refractivity contribution in [1.82, 2.24) is 19.9 Å². The molecule has 1 amide bonds. The third-order valence-corrected chi connectivity index (χ3v) is 3.72. The zero-order chi connectivity index (χ0) is 17.1. The zero-order valence-electron chi connectivity index (χ0n) is 14.3. The first-order chi connectivity index (χ1) is 10.8. The van der Waals surface area contributed by atoms with Crippen molar-refractivity contribution >= 4 is 5.91 Å². The number of rotatable bonds is 5. The van der Waals surface area contributed by atoms with Gasteiger partial charge in [-0.2, -0.15) is 0 Å². The molecule has 6 nitrogen and oxygen atoms in total. The van der Waals surface area contributed by atoms with Crippen LogP contribution in [-0.4, -0.2) is 49.6 Å². The largest absolute Gasteiger partial charge is 0.392 e. The zero-order valence-corrected chi connectivity index (χ0v) is 14.3. The second-order valence-electron chi connectivity index (χ2n) is 6.17. The Kier molecular flexibility index (Phi) is 5.15. The molecular formula is C17H24N4O2. The van der Waals surface area contributed by atoms with E-state index in [0.29, 0.717) is 11.4 Å². The highest BCUT2D eigenvalue weighted by Crippen LogP contribution is 2.16. The van der Waals surface area contributed by atoms with Crippen molar-refractivity contribution in [2.45, 2.75) is 46.8 Å². The Labute approximate surface area is 136 Å². The monoisotopic (exact) mass is 316 g/mol. The van der Waals surface area contributed by atoms with Gasteiger partial charge in [0.05, 0.1) is 17.5 Å². The molecule has 0 aliphatic heterocycles. The molecule has 0 saturated carbocycles. The molecular weight excluding hydrogens is 292 g/mol. The summed E-state index contributed by atoms with van der Waals surface area (Å²) in [5.74, 6) is -0.211. The molecule has 1 unspecified atom stereocenters. The minimum Gasteiger partial charge on any atom is -0.392 e. The van der Waals surface area contributed by atoms with Crippen LogP contribution < -0.4 is 0 Å². The summed E-state index contributed by atoms with van der Waals surface area (Å²) in [5, 5.41) is 17.8. The highest BCUT2D eigenvalue weighted by molar-refractivity contribution is 5.93. The summed E-state index contributed by atoms with van der Waals surface area (Å²) >= 11 is 0. The number of amides is 1. The number of hydrogen-bond donors (Lipinski definition) is 1. The number of benzene rings is 1. The minimum atomic E-state index is -0.589. The lowest BCUT2D eigenvalue weighted by molar-refractivity contribution is 0.0572. The van der Waals surface area contributed by atoms with Crippen LogP contribution in [0.2, 0.25) is 0 Å². The number of aliphatic hydroxyl groups is 1. The van der Waals surface area contributed by atoms with Crippen LogP contribution >= 0.6 is 0 Å². The predicted molar refractivity (Wildman–Crippen MR) is 88.7 cm³/mol. The van der Waals surface area contributed by atoms with Gasteiger partial charge in [-0.3, -0.25) is 4.79 Å². The average molecular weight is 316 g/mol. The maximum absolute atomic E-state index is 12.7. The van der Waals surface area contributed by atoms with E-state index >= 15 is 0 Å². The van der Waals surface area contributed by atoms with Gasteiger partial charge < -0.3 is 10.0 Å². The number of carbonyl (C=O) groups excluding carboxylic acids is 1. The lowest BCUT2D eigenvalue weighted by atomic mass is 10.2. The third-order valence-electron chi connectivity index (χ3n) is 3.72. The van der Waals surface area contributed by atoms with E-state index in [4.69, 9.17) is 0 Å². The van der Waals surface area contributed by atoms with E-state index in [1.165, 1.54) is 0 Å².